The Morgan fingerprint density at radius 3 is 2.63 bits per heavy atom. The number of H-pyrrole nitrogens is 1. The standard InChI is InChI=1S/C9H14N4O5S/c1-2-7-11-4-8(12-7)19(17,18)13-5(9(15)16)3-6(10)14/h4-5,13H,2-3H2,1H3,(H2,10,14)(H,11,12)(H,15,16). The van der Waals surface area contributed by atoms with Crippen molar-refractivity contribution in [2.75, 3.05) is 0 Å². The predicted octanol–water partition coefficient (Wildman–Crippen LogP) is -1.42. The molecular formula is C9H14N4O5S. The van der Waals surface area contributed by atoms with Gasteiger partial charge >= 0.3 is 5.97 Å². The molecule has 0 aliphatic carbocycles. The zero-order chi connectivity index (χ0) is 14.6. The van der Waals surface area contributed by atoms with Crippen molar-refractivity contribution in [3.8, 4) is 0 Å². The summed E-state index contributed by atoms with van der Waals surface area (Å²) in [7, 11) is -4.10. The van der Waals surface area contributed by atoms with Crippen LogP contribution in [0.4, 0.5) is 0 Å². The number of carbonyl (C=O) groups excluding carboxylic acids is 1. The van der Waals surface area contributed by atoms with Crippen LogP contribution in [0, 0.1) is 0 Å². The highest BCUT2D eigenvalue weighted by atomic mass is 32.2. The summed E-state index contributed by atoms with van der Waals surface area (Å²) < 4.78 is 25.6. The molecule has 1 unspecified atom stereocenters. The minimum atomic E-state index is -4.10. The molecule has 1 amide bonds. The first-order valence-electron chi connectivity index (χ1n) is 5.33. The van der Waals surface area contributed by atoms with Crippen LogP contribution < -0.4 is 10.5 Å². The van der Waals surface area contributed by atoms with Crippen LogP contribution in [0.2, 0.25) is 0 Å². The zero-order valence-electron chi connectivity index (χ0n) is 10.1. The molecule has 10 heteroatoms. The van der Waals surface area contributed by atoms with Crippen LogP contribution in [0.25, 0.3) is 0 Å². The minimum Gasteiger partial charge on any atom is -0.480 e. The van der Waals surface area contributed by atoms with Gasteiger partial charge in [-0.15, -0.1) is 0 Å². The first kappa shape index (κ1) is 15.1. The van der Waals surface area contributed by atoms with Crippen molar-refractivity contribution in [2.45, 2.75) is 30.8 Å². The number of carboxylic acid groups (broad SMARTS) is 1. The van der Waals surface area contributed by atoms with E-state index in [1.54, 1.807) is 6.92 Å². The van der Waals surface area contributed by atoms with E-state index in [-0.39, 0.29) is 5.03 Å². The Morgan fingerprint density at radius 1 is 1.58 bits per heavy atom. The van der Waals surface area contributed by atoms with Gasteiger partial charge in [0.1, 0.15) is 11.9 Å². The summed E-state index contributed by atoms with van der Waals surface area (Å²) in [6.07, 6.45) is 0.937. The zero-order valence-corrected chi connectivity index (χ0v) is 10.9. The summed E-state index contributed by atoms with van der Waals surface area (Å²) >= 11 is 0. The largest absolute Gasteiger partial charge is 0.480 e. The number of hydrogen-bond donors (Lipinski definition) is 4. The molecule has 0 saturated heterocycles. The summed E-state index contributed by atoms with van der Waals surface area (Å²) in [5.41, 5.74) is 4.86. The van der Waals surface area contributed by atoms with Gasteiger partial charge in [0, 0.05) is 6.42 Å². The Labute approximate surface area is 109 Å². The maximum Gasteiger partial charge on any atom is 0.322 e. The van der Waals surface area contributed by atoms with E-state index < -0.39 is 34.4 Å². The lowest BCUT2D eigenvalue weighted by molar-refractivity contribution is -0.140. The quantitative estimate of drug-likeness (QED) is 0.483. The number of amides is 1. The van der Waals surface area contributed by atoms with Crippen LogP contribution in [0.3, 0.4) is 0 Å². The van der Waals surface area contributed by atoms with Gasteiger partial charge in [-0.1, -0.05) is 6.92 Å². The van der Waals surface area contributed by atoms with E-state index in [1.165, 1.54) is 0 Å². The molecule has 106 valence electrons. The summed E-state index contributed by atoms with van der Waals surface area (Å²) in [4.78, 5) is 27.9. The third kappa shape index (κ3) is 4.03. The van der Waals surface area contributed by atoms with Crippen molar-refractivity contribution in [1.29, 1.82) is 0 Å². The summed E-state index contributed by atoms with van der Waals surface area (Å²) in [6.45, 7) is 1.77. The Bertz CT molecular complexity index is 579. The van der Waals surface area contributed by atoms with E-state index in [1.807, 2.05) is 4.72 Å². The number of nitrogens with two attached hydrogens (primary N) is 1. The molecule has 19 heavy (non-hydrogen) atoms. The fourth-order valence-corrected chi connectivity index (χ4v) is 2.42. The second kappa shape index (κ2) is 5.80. The van der Waals surface area contributed by atoms with E-state index in [0.29, 0.717) is 12.2 Å². The number of primary amides is 1. The van der Waals surface area contributed by atoms with Crippen molar-refractivity contribution < 1.29 is 23.1 Å². The minimum absolute atomic E-state index is 0.264. The van der Waals surface area contributed by atoms with E-state index >= 15 is 0 Å². The number of sulfonamides is 1. The van der Waals surface area contributed by atoms with Crippen LogP contribution in [0.5, 0.6) is 0 Å². The number of carbonyl (C=O) groups is 2. The fourth-order valence-electron chi connectivity index (χ4n) is 1.29. The number of rotatable bonds is 7. The van der Waals surface area contributed by atoms with Gasteiger partial charge < -0.3 is 15.8 Å². The van der Waals surface area contributed by atoms with Crippen LogP contribution in [-0.2, 0) is 26.0 Å². The molecule has 0 saturated carbocycles. The molecule has 1 aromatic rings. The first-order chi connectivity index (χ1) is 8.76. The monoisotopic (exact) mass is 290 g/mol. The maximum absolute atomic E-state index is 11.9. The van der Waals surface area contributed by atoms with Gasteiger partial charge in [-0.05, 0) is 0 Å². The Balaban J connectivity index is 2.93. The highest BCUT2D eigenvalue weighted by Crippen LogP contribution is 2.08. The average molecular weight is 290 g/mol. The highest BCUT2D eigenvalue weighted by Gasteiger charge is 2.28. The average Bonchev–Trinajstić information content (AvgIpc) is 2.76. The second-order valence-corrected chi connectivity index (χ2v) is 5.41. The molecule has 1 atom stereocenters. The molecule has 0 radical (unpaired) electrons. The molecule has 9 nitrogen and oxygen atoms in total. The lowest BCUT2D eigenvalue weighted by Crippen LogP contribution is -2.43. The number of aryl methyl sites for hydroxylation is 1. The van der Waals surface area contributed by atoms with Crippen molar-refractivity contribution >= 4 is 21.9 Å². The van der Waals surface area contributed by atoms with Crippen LogP contribution in [0.15, 0.2) is 11.2 Å². The van der Waals surface area contributed by atoms with E-state index in [0.717, 1.165) is 6.20 Å². The molecule has 0 aliphatic heterocycles. The van der Waals surface area contributed by atoms with Crippen molar-refractivity contribution in [1.82, 2.24) is 14.7 Å². The van der Waals surface area contributed by atoms with Crippen LogP contribution in [0.1, 0.15) is 19.2 Å². The van der Waals surface area contributed by atoms with Crippen molar-refractivity contribution in [3.63, 3.8) is 0 Å². The number of aromatic nitrogens is 2. The number of aromatic amines is 1. The summed E-state index contributed by atoms with van der Waals surface area (Å²) in [5, 5.41) is 8.56. The maximum atomic E-state index is 11.9. The van der Waals surface area contributed by atoms with Gasteiger partial charge in [0.05, 0.1) is 12.6 Å². The Hall–Kier alpha value is -1.94. The lowest BCUT2D eigenvalue weighted by Gasteiger charge is -2.11. The number of imidazole rings is 1. The molecule has 1 rings (SSSR count). The van der Waals surface area contributed by atoms with Gasteiger partial charge in [0.25, 0.3) is 10.0 Å². The van der Waals surface area contributed by atoms with Crippen LogP contribution >= 0.6 is 0 Å². The Kier molecular flexibility index (Phi) is 4.62. The predicted molar refractivity (Wildman–Crippen MR) is 63.5 cm³/mol. The van der Waals surface area contributed by atoms with Gasteiger partial charge in [0.2, 0.25) is 5.91 Å². The Morgan fingerprint density at radius 2 is 2.21 bits per heavy atom. The third-order valence-electron chi connectivity index (χ3n) is 2.23. The molecular weight excluding hydrogens is 276 g/mol. The second-order valence-electron chi connectivity index (χ2n) is 3.73. The van der Waals surface area contributed by atoms with E-state index in [2.05, 4.69) is 9.97 Å². The van der Waals surface area contributed by atoms with Gasteiger partial charge in [-0.2, -0.15) is 4.72 Å². The molecule has 0 aromatic carbocycles. The van der Waals surface area contributed by atoms with E-state index in [4.69, 9.17) is 10.8 Å². The molecule has 1 heterocycles. The summed E-state index contributed by atoms with van der Waals surface area (Å²) in [5.74, 6) is -1.96. The summed E-state index contributed by atoms with van der Waals surface area (Å²) in [6, 6.07) is -1.61. The fraction of sp³-hybridized carbons (Fsp3) is 0.444. The molecule has 0 spiro atoms. The topological polar surface area (TPSA) is 155 Å². The molecule has 5 N–H and O–H groups in total. The molecule has 0 bridgehead atoms. The van der Waals surface area contributed by atoms with Crippen LogP contribution in [-0.4, -0.2) is 41.4 Å². The number of nitrogens with zero attached hydrogens (tertiary/aromatic N) is 1. The molecule has 0 fully saturated rings. The van der Waals surface area contributed by atoms with Crippen molar-refractivity contribution in [3.05, 3.63) is 12.0 Å². The van der Waals surface area contributed by atoms with Gasteiger partial charge in [-0.3, -0.25) is 9.59 Å². The lowest BCUT2D eigenvalue weighted by atomic mass is 10.2. The van der Waals surface area contributed by atoms with Crippen molar-refractivity contribution in [2.24, 2.45) is 5.73 Å². The SMILES string of the molecule is CCc1ncc(S(=O)(=O)NC(CC(N)=O)C(=O)O)[nH]1. The highest BCUT2D eigenvalue weighted by molar-refractivity contribution is 7.89. The number of hydrogen-bond acceptors (Lipinski definition) is 5. The first-order valence-corrected chi connectivity index (χ1v) is 6.82. The number of carboxylic acids is 1. The number of nitrogens with one attached hydrogen (secondary N) is 2. The van der Waals surface area contributed by atoms with Gasteiger partial charge in [0.15, 0.2) is 5.03 Å². The third-order valence-corrected chi connectivity index (χ3v) is 3.61. The van der Waals surface area contributed by atoms with Gasteiger partial charge in [-0.25, -0.2) is 13.4 Å². The smallest absolute Gasteiger partial charge is 0.322 e. The molecule has 0 aliphatic rings. The molecule has 1 aromatic heterocycles. The number of aliphatic carboxylic acids is 1. The van der Waals surface area contributed by atoms with E-state index in [9.17, 15) is 18.0 Å². The normalized spacial score (nSPS) is 13.1.